The maximum atomic E-state index is 12.7. The molecule has 0 aliphatic heterocycles. The van der Waals surface area contributed by atoms with E-state index in [1.165, 1.54) is 19.2 Å². The Morgan fingerprint density at radius 3 is 2.59 bits per heavy atom. The lowest BCUT2D eigenvalue weighted by atomic mass is 10.3. The molecule has 0 aliphatic carbocycles. The molecule has 1 aromatic heterocycles. The molecule has 0 saturated carbocycles. The van der Waals surface area contributed by atoms with Crippen LogP contribution >= 0.6 is 11.6 Å². The van der Waals surface area contributed by atoms with Crippen LogP contribution in [0.2, 0.25) is 5.02 Å². The summed E-state index contributed by atoms with van der Waals surface area (Å²) < 4.78 is 28.2. The average molecular weight is 407 g/mol. The predicted molar refractivity (Wildman–Crippen MR) is 100 cm³/mol. The van der Waals surface area contributed by atoms with E-state index in [9.17, 15) is 18.5 Å². The van der Waals surface area contributed by atoms with Gasteiger partial charge in [-0.1, -0.05) is 29.8 Å². The summed E-state index contributed by atoms with van der Waals surface area (Å²) in [6.07, 6.45) is 3.30. The number of aromatic nitrogens is 2. The molecule has 3 aromatic rings. The van der Waals surface area contributed by atoms with Crippen molar-refractivity contribution in [1.29, 1.82) is 0 Å². The Balaban J connectivity index is 1.83. The number of rotatable bonds is 6. The molecule has 140 valence electrons. The van der Waals surface area contributed by atoms with Crippen LogP contribution in [0.4, 0.5) is 5.69 Å². The van der Waals surface area contributed by atoms with Crippen molar-refractivity contribution in [3.8, 4) is 5.69 Å². The van der Waals surface area contributed by atoms with Gasteiger partial charge in [-0.3, -0.25) is 10.1 Å². The van der Waals surface area contributed by atoms with Gasteiger partial charge in [-0.2, -0.15) is 9.40 Å². The van der Waals surface area contributed by atoms with Gasteiger partial charge in [-0.25, -0.2) is 13.1 Å². The maximum Gasteiger partial charge on any atom is 0.289 e. The normalized spacial score (nSPS) is 11.7. The summed E-state index contributed by atoms with van der Waals surface area (Å²) in [6, 6.07) is 12.8. The van der Waals surface area contributed by atoms with Gasteiger partial charge in [0.1, 0.15) is 5.02 Å². The average Bonchev–Trinajstić information content (AvgIpc) is 3.11. The fraction of sp³-hybridized carbons (Fsp3) is 0.118. The van der Waals surface area contributed by atoms with Crippen molar-refractivity contribution in [3.05, 3.63) is 81.6 Å². The third-order valence-electron chi connectivity index (χ3n) is 3.88. The van der Waals surface area contributed by atoms with E-state index < -0.39 is 20.6 Å². The quantitative estimate of drug-likeness (QED) is 0.462. The number of nitro benzene ring substituents is 1. The van der Waals surface area contributed by atoms with Crippen molar-refractivity contribution in [2.45, 2.75) is 11.4 Å². The minimum absolute atomic E-state index is 0.0611. The van der Waals surface area contributed by atoms with E-state index in [2.05, 4.69) is 5.10 Å². The van der Waals surface area contributed by atoms with Crippen LogP contribution in [0.1, 0.15) is 5.56 Å². The summed E-state index contributed by atoms with van der Waals surface area (Å²) in [4.78, 5) is 10.1. The van der Waals surface area contributed by atoms with Crippen molar-refractivity contribution >= 4 is 27.3 Å². The zero-order chi connectivity index (χ0) is 19.6. The lowest BCUT2D eigenvalue weighted by molar-refractivity contribution is -0.384. The molecule has 0 spiro atoms. The molecule has 2 aromatic carbocycles. The van der Waals surface area contributed by atoms with Crippen LogP contribution in [0, 0.1) is 10.1 Å². The summed E-state index contributed by atoms with van der Waals surface area (Å²) in [5.74, 6) is 0. The molecule has 0 aliphatic rings. The monoisotopic (exact) mass is 406 g/mol. The second-order valence-electron chi connectivity index (χ2n) is 5.76. The minimum Gasteiger partial charge on any atom is -0.258 e. The second kappa shape index (κ2) is 7.47. The molecular weight excluding hydrogens is 392 g/mol. The van der Waals surface area contributed by atoms with E-state index in [4.69, 9.17) is 11.6 Å². The molecule has 0 N–H and O–H groups in total. The molecular formula is C17H15ClN4O4S. The molecule has 0 radical (unpaired) electrons. The summed E-state index contributed by atoms with van der Waals surface area (Å²) in [6.45, 7) is 0.0611. The van der Waals surface area contributed by atoms with Crippen LogP contribution in [0.25, 0.3) is 5.69 Å². The van der Waals surface area contributed by atoms with Gasteiger partial charge in [0.25, 0.3) is 5.69 Å². The number of nitrogens with zero attached hydrogens (tertiary/aromatic N) is 4. The van der Waals surface area contributed by atoms with Gasteiger partial charge >= 0.3 is 0 Å². The second-order valence-corrected chi connectivity index (χ2v) is 8.21. The highest BCUT2D eigenvalue weighted by atomic mass is 35.5. The largest absolute Gasteiger partial charge is 0.289 e. The van der Waals surface area contributed by atoms with Gasteiger partial charge < -0.3 is 0 Å². The Labute approximate surface area is 160 Å². The smallest absolute Gasteiger partial charge is 0.258 e. The Kier molecular flexibility index (Phi) is 5.26. The third-order valence-corrected chi connectivity index (χ3v) is 6.00. The molecule has 8 nitrogen and oxygen atoms in total. The zero-order valence-corrected chi connectivity index (χ0v) is 15.8. The lowest BCUT2D eigenvalue weighted by Gasteiger charge is -2.16. The van der Waals surface area contributed by atoms with Crippen molar-refractivity contribution in [1.82, 2.24) is 14.1 Å². The molecule has 10 heteroatoms. The van der Waals surface area contributed by atoms with E-state index in [-0.39, 0.29) is 16.5 Å². The molecule has 0 amide bonds. The molecule has 0 fully saturated rings. The molecule has 27 heavy (non-hydrogen) atoms. The first kappa shape index (κ1) is 19.0. The molecule has 0 unspecified atom stereocenters. The Morgan fingerprint density at radius 1 is 1.22 bits per heavy atom. The SMILES string of the molecule is CN(Cc1cnn(-c2ccccc2)c1)S(=O)(=O)c1ccc(Cl)c([N+](=O)[O-])c1. The number of para-hydroxylation sites is 1. The van der Waals surface area contributed by atoms with E-state index in [0.29, 0.717) is 5.56 Å². The first-order valence-corrected chi connectivity index (χ1v) is 9.60. The number of hydrogen-bond donors (Lipinski definition) is 0. The molecule has 0 saturated heterocycles. The summed E-state index contributed by atoms with van der Waals surface area (Å²) in [5.41, 5.74) is 1.07. The van der Waals surface area contributed by atoms with Crippen molar-refractivity contribution in [3.63, 3.8) is 0 Å². The number of sulfonamides is 1. The first-order valence-electron chi connectivity index (χ1n) is 7.78. The molecule has 0 atom stereocenters. The Morgan fingerprint density at radius 2 is 1.93 bits per heavy atom. The van der Waals surface area contributed by atoms with Gasteiger partial charge in [-0.15, -0.1) is 0 Å². The highest BCUT2D eigenvalue weighted by Gasteiger charge is 2.25. The molecule has 0 bridgehead atoms. The van der Waals surface area contributed by atoms with Gasteiger partial charge in [0.05, 0.1) is 21.7 Å². The number of nitro groups is 1. The van der Waals surface area contributed by atoms with E-state index >= 15 is 0 Å². The van der Waals surface area contributed by atoms with Gasteiger partial charge in [0.15, 0.2) is 0 Å². The van der Waals surface area contributed by atoms with Crippen LogP contribution in [0.3, 0.4) is 0 Å². The van der Waals surface area contributed by atoms with Crippen molar-refractivity contribution < 1.29 is 13.3 Å². The van der Waals surface area contributed by atoms with Gasteiger partial charge in [-0.05, 0) is 24.3 Å². The van der Waals surface area contributed by atoms with Crippen molar-refractivity contribution in [2.24, 2.45) is 0 Å². The van der Waals surface area contributed by atoms with E-state index in [0.717, 1.165) is 16.1 Å². The van der Waals surface area contributed by atoms with Crippen molar-refractivity contribution in [2.75, 3.05) is 7.05 Å². The van der Waals surface area contributed by atoms with Crippen LogP contribution < -0.4 is 0 Å². The van der Waals surface area contributed by atoms with Gasteiger partial charge in [0, 0.05) is 31.4 Å². The van der Waals surface area contributed by atoms with E-state index in [1.54, 1.807) is 17.1 Å². The topological polar surface area (TPSA) is 98.3 Å². The lowest BCUT2D eigenvalue weighted by Crippen LogP contribution is -2.26. The number of benzene rings is 2. The molecule has 3 rings (SSSR count). The zero-order valence-electron chi connectivity index (χ0n) is 14.2. The highest BCUT2D eigenvalue weighted by Crippen LogP contribution is 2.28. The highest BCUT2D eigenvalue weighted by molar-refractivity contribution is 7.89. The molecule has 1 heterocycles. The summed E-state index contributed by atoms with van der Waals surface area (Å²) in [5, 5.41) is 15.1. The van der Waals surface area contributed by atoms with E-state index in [1.807, 2.05) is 30.3 Å². The minimum atomic E-state index is -3.93. The summed E-state index contributed by atoms with van der Waals surface area (Å²) in [7, 11) is -2.53. The van der Waals surface area contributed by atoms with Crippen LogP contribution in [0.15, 0.2) is 65.8 Å². The number of hydrogen-bond acceptors (Lipinski definition) is 5. The van der Waals surface area contributed by atoms with Crippen LogP contribution in [-0.2, 0) is 16.6 Å². The standard InChI is InChI=1S/C17H15ClN4O4S/c1-20(11-13-10-19-21(12-13)14-5-3-2-4-6-14)27(25,26)15-7-8-16(18)17(9-15)22(23)24/h2-10,12H,11H2,1H3. The third kappa shape index (κ3) is 4.00. The predicted octanol–water partition coefficient (Wildman–Crippen LogP) is 3.25. The Bertz CT molecular complexity index is 1080. The summed E-state index contributed by atoms with van der Waals surface area (Å²) >= 11 is 5.75. The number of halogens is 1. The van der Waals surface area contributed by atoms with Crippen LogP contribution in [0.5, 0.6) is 0 Å². The fourth-order valence-corrected chi connectivity index (χ4v) is 3.84. The first-order chi connectivity index (χ1) is 12.8. The van der Waals surface area contributed by atoms with Gasteiger partial charge in [0.2, 0.25) is 10.0 Å². The van der Waals surface area contributed by atoms with Crippen LogP contribution in [-0.4, -0.2) is 34.5 Å². The fourth-order valence-electron chi connectivity index (χ4n) is 2.48. The Hall–Kier alpha value is -2.75. The maximum absolute atomic E-state index is 12.7.